The molecule has 0 aliphatic carbocycles. The van der Waals surface area contributed by atoms with Gasteiger partial charge in [0.2, 0.25) is 28.3 Å². The highest BCUT2D eigenvalue weighted by Crippen LogP contribution is 2.40. The molecule has 12 aromatic heterocycles. The Morgan fingerprint density at radius 2 is 0.835 bits per heavy atom. The predicted molar refractivity (Wildman–Crippen MR) is 510 cm³/mol. The highest BCUT2D eigenvalue weighted by molar-refractivity contribution is 6.08. The van der Waals surface area contributed by atoms with E-state index in [4.69, 9.17) is 14.0 Å². The number of hydrogen-bond donors (Lipinski definition) is 12. The minimum atomic E-state index is -2.11. The smallest absolute Gasteiger partial charge is 0.357 e. The number of nitrogens with one attached hydrogen (secondary N) is 7. The van der Waals surface area contributed by atoms with Crippen molar-refractivity contribution in [3.63, 3.8) is 0 Å². The highest BCUT2D eigenvalue weighted by Gasteiger charge is 2.47. The van der Waals surface area contributed by atoms with Crippen molar-refractivity contribution >= 4 is 102 Å². The van der Waals surface area contributed by atoms with Crippen LogP contribution in [0.2, 0.25) is 0 Å². The van der Waals surface area contributed by atoms with Gasteiger partial charge in [-0.2, -0.15) is 20.4 Å². The Hall–Kier alpha value is -19.0. The lowest BCUT2D eigenvalue weighted by atomic mass is 9.89. The van der Waals surface area contributed by atoms with Crippen LogP contribution in [-0.4, -0.2) is 171 Å². The molecule has 0 saturated carbocycles. The summed E-state index contributed by atoms with van der Waals surface area (Å²) in [6.07, 6.45) is 22.6. The largest absolute Gasteiger partial charge is 0.479 e. The number of H-pyrrole nitrogens is 3. The molecule has 8 aromatic carbocycles. The molecule has 0 bridgehead atoms. The highest BCUT2D eigenvalue weighted by atomic mass is 16.5. The number of benzene rings is 8. The summed E-state index contributed by atoms with van der Waals surface area (Å²) in [4.78, 5) is 116. The summed E-state index contributed by atoms with van der Waals surface area (Å²) in [5.74, 6) is -3.71. The minimum Gasteiger partial charge on any atom is -0.479 e. The first-order valence-electron chi connectivity index (χ1n) is 42.7. The molecule has 12 N–H and O–H groups in total. The van der Waals surface area contributed by atoms with E-state index in [-0.39, 0.29) is 47.0 Å². The summed E-state index contributed by atoms with van der Waals surface area (Å²) < 4.78 is 15.5. The van der Waals surface area contributed by atoms with Crippen LogP contribution in [0.25, 0.3) is 88.2 Å². The van der Waals surface area contributed by atoms with Crippen molar-refractivity contribution in [3.05, 3.63) is 404 Å². The number of methoxy groups -OCH3 is 1. The maximum atomic E-state index is 13.5. The lowest BCUT2D eigenvalue weighted by Crippen LogP contribution is -2.42. The third-order valence-electron chi connectivity index (χ3n) is 22.2. The van der Waals surface area contributed by atoms with Gasteiger partial charge in [0.15, 0.2) is 23.2 Å². The van der Waals surface area contributed by atoms with Crippen LogP contribution >= 0.6 is 0 Å². The number of nitrogens with zero attached hydrogens (tertiary/aromatic N) is 16. The molecule has 4 amide bonds. The number of carbonyl (C=O) groups is 6. The monoisotopic (exact) mass is 1850 g/mol. The van der Waals surface area contributed by atoms with Crippen LogP contribution in [0.5, 0.6) is 5.88 Å². The first-order chi connectivity index (χ1) is 67.6. The number of amides is 4. The molecule has 37 nitrogen and oxygen atoms in total. The maximum Gasteiger partial charge on any atom is 0.357 e. The van der Waals surface area contributed by atoms with Crippen molar-refractivity contribution in [2.24, 2.45) is 0 Å². The molecule has 0 saturated heterocycles. The van der Waals surface area contributed by atoms with Crippen molar-refractivity contribution in [1.82, 2.24) is 95.8 Å². The van der Waals surface area contributed by atoms with E-state index in [1.54, 1.807) is 226 Å². The number of imidazole rings is 3. The summed E-state index contributed by atoms with van der Waals surface area (Å²) in [7, 11) is 1.52. The van der Waals surface area contributed by atoms with Gasteiger partial charge in [0.25, 0.3) is 23.6 Å². The second-order valence-corrected chi connectivity index (χ2v) is 31.0. The van der Waals surface area contributed by atoms with Crippen molar-refractivity contribution in [2.45, 2.75) is 36.3 Å². The second kappa shape index (κ2) is 40.6. The van der Waals surface area contributed by atoms with Crippen molar-refractivity contribution in [3.8, 4) is 50.5 Å². The number of fused-ring (bicyclic) bond motifs is 4. The van der Waals surface area contributed by atoms with Gasteiger partial charge in [-0.15, -0.1) is 20.4 Å². The molecule has 0 spiro atoms. The Balaban J connectivity index is 0.000000128. The van der Waals surface area contributed by atoms with E-state index in [1.165, 1.54) is 75.2 Å². The lowest BCUT2D eigenvalue weighted by molar-refractivity contribution is -0.132. The lowest BCUT2D eigenvalue weighted by Gasteiger charge is -2.25. The van der Waals surface area contributed by atoms with Gasteiger partial charge in [-0.1, -0.05) is 181 Å². The topological polar surface area (TPSA) is 537 Å². The number of carbonyl (C=O) groups excluding carboxylic acids is 5. The van der Waals surface area contributed by atoms with E-state index in [1.807, 2.05) is 61.5 Å². The zero-order chi connectivity index (χ0) is 96.6. The molecule has 0 radical (unpaired) electrons. The number of aliphatic hydroxyl groups is 4. The summed E-state index contributed by atoms with van der Waals surface area (Å²) in [5.41, 5.74) is 2.47. The Kier molecular flexibility index (Phi) is 26.9. The number of aromatic amines is 3. The number of hydrogen-bond acceptors (Lipinski definition) is 29. The normalized spacial score (nSPS) is 12.7. The fraction of sp³-hybridized carbons (Fsp3) is 0.0784. The average Bonchev–Trinajstić information content (AvgIpc) is 1.16. The maximum absolute atomic E-state index is 13.5. The van der Waals surface area contributed by atoms with Crippen LogP contribution in [0.3, 0.4) is 0 Å². The van der Waals surface area contributed by atoms with Crippen LogP contribution in [0.15, 0.2) is 346 Å². The fourth-order valence-corrected chi connectivity index (χ4v) is 15.5. The minimum absolute atomic E-state index is 0.0443. The summed E-state index contributed by atoms with van der Waals surface area (Å²) >= 11 is 0. The molecule has 0 unspecified atom stereocenters. The van der Waals surface area contributed by atoms with E-state index in [0.717, 1.165) is 27.4 Å². The first-order valence-corrected chi connectivity index (χ1v) is 42.7. The number of aromatic carboxylic acids is 1. The van der Waals surface area contributed by atoms with Gasteiger partial charge in [-0.3, -0.25) is 34.1 Å². The molecule has 4 atom stereocenters. The molecule has 686 valence electrons. The number of aromatic nitrogens is 19. The van der Waals surface area contributed by atoms with Gasteiger partial charge >= 0.3 is 11.9 Å². The van der Waals surface area contributed by atoms with Gasteiger partial charge in [0.05, 0.1) is 101 Å². The van der Waals surface area contributed by atoms with Crippen LogP contribution in [-0.2, 0) is 46.3 Å². The predicted octanol–water partition coefficient (Wildman–Crippen LogP) is 13.6. The van der Waals surface area contributed by atoms with Gasteiger partial charge in [0, 0.05) is 133 Å². The Labute approximate surface area is 787 Å². The zero-order valence-corrected chi connectivity index (χ0v) is 73.6. The Bertz CT molecular complexity index is 7840. The fourth-order valence-electron chi connectivity index (χ4n) is 15.5. The number of rotatable bonds is 24. The van der Waals surface area contributed by atoms with Crippen molar-refractivity contribution in [2.75, 3.05) is 35.0 Å². The number of carboxylic acids is 1. The number of aryl methyl sites for hydroxylation is 1. The van der Waals surface area contributed by atoms with Crippen LogP contribution in [0.1, 0.15) is 78.8 Å². The molecule has 0 aliphatic rings. The molecular weight excluding hydrogens is 1770 g/mol. The molecule has 0 fully saturated rings. The van der Waals surface area contributed by atoms with Crippen LogP contribution in [0, 0.1) is 6.92 Å². The number of ether oxygens (including phenoxy) is 2. The van der Waals surface area contributed by atoms with Crippen LogP contribution < -0.4 is 26.0 Å². The number of pyridine rings is 4. The molecule has 20 aromatic rings. The summed E-state index contributed by atoms with van der Waals surface area (Å²) in [5, 5.41) is 106. The SMILES string of the molecule is CCOC(=O)c1ccc2nncc(-c3cncc(NC(=O)[C@](O)(c4ccccc4)c4ncc[nH]4)c3)c2c1.COc1nnc2ccccc2c1-c1cncc(NC(=O)[C@](O)(c2ccccc2)c2ncc[nH]2)c1.Cc1cc(NC(=O)[C@](O)(c2ccccc2)c2ccon2)nc(-c2cnnc3ccccc23)c1.O=C(O)c1nnc2ccccc2c1-c1cncc(NC(=O)[C@](O)(c2ccccc2)c2ncc[nH]2)c1. The number of anilines is 4. The standard InChI is InChI=1S/C27H22N6O4.C25H18N6O4.C25H20N6O3.C25H19N5O3/c1-2-37-24(34)17-8-9-23-21(13-17)22(16-31-33-23)18-12-20(15-28-14-18)32-26(35)27(36,25-29-10-11-30-25)19-6-4-3-5-7-19;32-22(33)21-20(18-8-4-5-9-19(18)30-31-21)15-12-17(14-26-13-15)29-24(34)25(35,23-27-10-11-28-23)16-6-2-1-3-7-16;1-34-22-21(19-9-5-6-10-20(19)30-31-22)16-13-18(15-26-14-16)29-24(32)25(33,23-27-11-12-28-23)17-7-3-2-4-8-17;1-16-13-21(19-15-26-29-20-10-6-5-9-18(19)20)27-23(14-16)28-24(31)25(32,22-11-12-33-30-22)17-7-3-2-4-8-17/h3-16,36H,2H2,1H3,(H,29,30)(H,32,35);1-14,35H,(H,27,28)(H,29,34)(H,32,33);2-15,33H,1H3,(H,27,28)(H,29,32);2-15,32H,1H3,(H,27,28,31)/t27-;3*25-/m0000/s1. The third-order valence-corrected chi connectivity index (χ3v) is 22.2. The van der Waals surface area contributed by atoms with Gasteiger partial charge < -0.3 is 75.7 Å². The first kappa shape index (κ1) is 91.9. The quantitative estimate of drug-likeness (QED) is 0.0250. The summed E-state index contributed by atoms with van der Waals surface area (Å²) in [6, 6.07) is 71.4. The van der Waals surface area contributed by atoms with E-state index in [2.05, 4.69) is 117 Å². The number of esters is 1. The van der Waals surface area contributed by atoms with Crippen molar-refractivity contribution < 1.29 is 68.3 Å². The van der Waals surface area contributed by atoms with Crippen molar-refractivity contribution in [1.29, 1.82) is 0 Å². The average molecular weight is 1850 g/mol. The Morgan fingerprint density at radius 3 is 1.30 bits per heavy atom. The molecule has 37 heteroatoms. The zero-order valence-electron chi connectivity index (χ0n) is 73.6. The molecule has 0 aliphatic heterocycles. The number of carboxylic acid groups (broad SMARTS) is 1. The third kappa shape index (κ3) is 19.1. The molecular formula is C102H79N23O14. The van der Waals surface area contributed by atoms with E-state index < -0.39 is 58.0 Å². The van der Waals surface area contributed by atoms with Crippen LogP contribution in [0.4, 0.5) is 22.9 Å². The molecule has 20 rings (SSSR count). The van der Waals surface area contributed by atoms with Gasteiger partial charge in [-0.25, -0.2) is 29.5 Å². The molecule has 139 heavy (non-hydrogen) atoms. The second-order valence-electron chi connectivity index (χ2n) is 31.0. The van der Waals surface area contributed by atoms with Gasteiger partial charge in [0.1, 0.15) is 17.8 Å². The molecule has 12 heterocycles. The van der Waals surface area contributed by atoms with E-state index >= 15 is 0 Å². The van der Waals surface area contributed by atoms with E-state index in [9.17, 15) is 54.3 Å². The van der Waals surface area contributed by atoms with E-state index in [0.29, 0.717) is 111 Å². The Morgan fingerprint density at radius 1 is 0.410 bits per heavy atom. The summed E-state index contributed by atoms with van der Waals surface area (Å²) in [6.45, 7) is 3.90. The van der Waals surface area contributed by atoms with Gasteiger partial charge in [-0.05, 0) is 91.7 Å².